The number of unbranched alkanes of at least 4 members (excludes halogenated alkanes) is 18. The summed E-state index contributed by atoms with van der Waals surface area (Å²) in [6.45, 7) is 3.13. The summed E-state index contributed by atoms with van der Waals surface area (Å²) in [5.41, 5.74) is 0. The van der Waals surface area contributed by atoms with Crippen LogP contribution in [0.3, 0.4) is 0 Å². The first-order valence-corrected chi connectivity index (χ1v) is 14.5. The molecule has 0 aliphatic heterocycles. The van der Waals surface area contributed by atoms with E-state index in [4.69, 9.17) is 0 Å². The Morgan fingerprint density at radius 3 is 0.971 bits per heavy atom. The van der Waals surface area contributed by atoms with E-state index < -0.39 is 5.97 Å². The number of rotatable bonds is 28. The Kier molecular flexibility index (Phi) is 24.9. The maximum atomic E-state index is 10.3. The van der Waals surface area contributed by atoms with Crippen LogP contribution in [0.25, 0.3) is 0 Å². The van der Waals surface area contributed by atoms with Crippen LogP contribution >= 0.6 is 0 Å². The summed E-state index contributed by atoms with van der Waals surface area (Å²) in [6.07, 6.45) is 24.1. The van der Waals surface area contributed by atoms with E-state index in [1.807, 2.05) is 0 Å². The highest BCUT2D eigenvalue weighted by Crippen LogP contribution is 2.16. The fourth-order valence-electron chi connectivity index (χ4n) is 5.03. The molecule has 0 aromatic carbocycles. The van der Waals surface area contributed by atoms with Crippen molar-refractivity contribution in [2.24, 2.45) is 0 Å². The predicted molar refractivity (Wildman–Crippen MR) is 138 cm³/mol. The summed E-state index contributed by atoms with van der Waals surface area (Å²) in [7, 11) is 0. The second-order valence-electron chi connectivity index (χ2n) is 10.2. The quantitative estimate of drug-likeness (QED) is 0.113. The number of nitrogens with zero attached hydrogens (tertiary/aromatic N) is 1. The van der Waals surface area contributed by atoms with Crippen molar-refractivity contribution in [3.05, 3.63) is 0 Å². The largest absolute Gasteiger partial charge is 0.550 e. The van der Waals surface area contributed by atoms with E-state index in [0.717, 1.165) is 32.2 Å². The molecule has 0 fully saturated rings. The first kappa shape index (κ1) is 33.3. The molecule has 0 saturated heterocycles. The Morgan fingerprint density at radius 1 is 0.441 bits per heavy atom. The molecule has 0 bridgehead atoms. The summed E-state index contributed by atoms with van der Waals surface area (Å²) >= 11 is 0. The molecule has 6 nitrogen and oxygen atoms in total. The molecule has 0 amide bonds. The standard InChI is InChI=1S/C28H57NO5/c30-25-22-29(23-26-31,24-27-32)21-19-17-15-13-11-9-7-5-3-1-2-4-6-8-10-12-14-16-18-20-28(33)34/h30-32H,1-27H2. The van der Waals surface area contributed by atoms with Crippen LogP contribution in [0.15, 0.2) is 0 Å². The molecule has 6 heteroatoms. The van der Waals surface area contributed by atoms with Crippen molar-refractivity contribution in [3.8, 4) is 0 Å². The molecule has 0 radical (unpaired) electrons. The second-order valence-corrected chi connectivity index (χ2v) is 10.2. The molecule has 0 spiro atoms. The average molecular weight is 488 g/mol. The van der Waals surface area contributed by atoms with Gasteiger partial charge < -0.3 is 29.7 Å². The lowest BCUT2D eigenvalue weighted by Crippen LogP contribution is -2.53. The van der Waals surface area contributed by atoms with Crippen molar-refractivity contribution in [2.45, 2.75) is 128 Å². The normalized spacial score (nSPS) is 11.9. The van der Waals surface area contributed by atoms with Crippen molar-refractivity contribution < 1.29 is 29.7 Å². The van der Waals surface area contributed by atoms with Crippen molar-refractivity contribution in [2.75, 3.05) is 46.0 Å². The van der Waals surface area contributed by atoms with Gasteiger partial charge in [-0.2, -0.15) is 0 Å². The van der Waals surface area contributed by atoms with Crippen LogP contribution in [0.1, 0.15) is 128 Å². The van der Waals surface area contributed by atoms with Crippen LogP contribution in [0.4, 0.5) is 0 Å². The fraction of sp³-hybridized carbons (Fsp3) is 0.964. The predicted octanol–water partition coefficient (Wildman–Crippen LogP) is 4.33. The van der Waals surface area contributed by atoms with Gasteiger partial charge >= 0.3 is 0 Å². The summed E-state index contributed by atoms with van der Waals surface area (Å²) in [4.78, 5) is 10.3. The Bertz CT molecular complexity index is 416. The minimum Gasteiger partial charge on any atom is -0.550 e. The molecule has 0 rings (SSSR count). The average Bonchev–Trinajstić information content (AvgIpc) is 2.80. The van der Waals surface area contributed by atoms with E-state index in [1.165, 1.54) is 96.3 Å². The van der Waals surface area contributed by atoms with Gasteiger partial charge in [0, 0.05) is 5.97 Å². The molecule has 0 aliphatic carbocycles. The number of hydrogen-bond acceptors (Lipinski definition) is 5. The number of aliphatic hydroxyl groups excluding tert-OH is 3. The zero-order valence-corrected chi connectivity index (χ0v) is 22.2. The van der Waals surface area contributed by atoms with Gasteiger partial charge in [0.1, 0.15) is 19.6 Å². The highest BCUT2D eigenvalue weighted by atomic mass is 16.4. The van der Waals surface area contributed by atoms with E-state index in [-0.39, 0.29) is 26.2 Å². The lowest BCUT2D eigenvalue weighted by Gasteiger charge is -2.37. The van der Waals surface area contributed by atoms with Crippen LogP contribution in [0.2, 0.25) is 0 Å². The molecule has 0 aromatic rings. The Labute approximate surface area is 210 Å². The number of aliphatic hydroxyl groups is 3. The number of carbonyl (C=O) groups excluding carboxylic acids is 1. The number of carboxylic acids is 1. The van der Waals surface area contributed by atoms with Gasteiger partial charge in [-0.15, -0.1) is 0 Å². The molecule has 3 N–H and O–H groups in total. The van der Waals surface area contributed by atoms with Gasteiger partial charge in [-0.25, -0.2) is 0 Å². The minimum absolute atomic E-state index is 0.108. The molecular formula is C28H57NO5. The van der Waals surface area contributed by atoms with Gasteiger partial charge in [0.15, 0.2) is 0 Å². The van der Waals surface area contributed by atoms with Crippen molar-refractivity contribution in [1.82, 2.24) is 0 Å². The minimum atomic E-state index is -0.917. The summed E-state index contributed by atoms with van der Waals surface area (Å²) < 4.78 is 0.637. The third kappa shape index (κ3) is 21.8. The van der Waals surface area contributed by atoms with Crippen molar-refractivity contribution in [1.29, 1.82) is 0 Å². The molecule has 0 aliphatic rings. The monoisotopic (exact) mass is 487 g/mol. The number of carboxylic acid groups (broad SMARTS) is 1. The smallest absolute Gasteiger partial charge is 0.102 e. The van der Waals surface area contributed by atoms with E-state index in [0.29, 0.717) is 24.1 Å². The maximum absolute atomic E-state index is 10.3. The molecule has 0 atom stereocenters. The first-order chi connectivity index (χ1) is 16.6. The number of carbonyl (C=O) groups is 1. The van der Waals surface area contributed by atoms with Gasteiger partial charge in [0.25, 0.3) is 0 Å². The molecule has 204 valence electrons. The SMILES string of the molecule is O=C([O-])CCCCCCCCCCCCCCCCCCCCC[N+](CCO)(CCO)CCO. The van der Waals surface area contributed by atoms with Gasteiger partial charge in [0.2, 0.25) is 0 Å². The van der Waals surface area contributed by atoms with E-state index >= 15 is 0 Å². The van der Waals surface area contributed by atoms with E-state index in [1.54, 1.807) is 0 Å². The maximum Gasteiger partial charge on any atom is 0.102 e. The lowest BCUT2D eigenvalue weighted by molar-refractivity contribution is -0.929. The molecule has 0 unspecified atom stereocenters. The van der Waals surface area contributed by atoms with Gasteiger partial charge in [-0.3, -0.25) is 0 Å². The number of quaternary nitrogens is 1. The summed E-state index contributed by atoms with van der Waals surface area (Å²) in [6, 6.07) is 0. The molecule has 0 saturated carbocycles. The second kappa shape index (κ2) is 25.4. The van der Waals surface area contributed by atoms with Crippen LogP contribution in [0.5, 0.6) is 0 Å². The van der Waals surface area contributed by atoms with Crippen LogP contribution in [-0.4, -0.2) is 71.8 Å². The van der Waals surface area contributed by atoms with Gasteiger partial charge in [-0.1, -0.05) is 103 Å². The Hall–Kier alpha value is -0.690. The zero-order chi connectivity index (χ0) is 25.2. The molecule has 34 heavy (non-hydrogen) atoms. The molecular weight excluding hydrogens is 430 g/mol. The van der Waals surface area contributed by atoms with Crippen LogP contribution in [0, 0.1) is 0 Å². The topological polar surface area (TPSA) is 101 Å². The fourth-order valence-corrected chi connectivity index (χ4v) is 5.03. The molecule has 0 aromatic heterocycles. The van der Waals surface area contributed by atoms with E-state index in [2.05, 4.69) is 0 Å². The van der Waals surface area contributed by atoms with Crippen molar-refractivity contribution >= 4 is 5.97 Å². The Balaban J connectivity index is 3.35. The van der Waals surface area contributed by atoms with Crippen LogP contribution in [-0.2, 0) is 4.79 Å². The summed E-state index contributed by atoms with van der Waals surface area (Å²) in [5, 5.41) is 38.4. The number of hydrogen-bond donors (Lipinski definition) is 3. The van der Waals surface area contributed by atoms with E-state index in [9.17, 15) is 25.2 Å². The Morgan fingerprint density at radius 2 is 0.706 bits per heavy atom. The lowest BCUT2D eigenvalue weighted by atomic mass is 10.0. The van der Waals surface area contributed by atoms with Crippen LogP contribution < -0.4 is 5.11 Å². The first-order valence-electron chi connectivity index (χ1n) is 14.5. The third-order valence-electron chi connectivity index (χ3n) is 7.24. The highest BCUT2D eigenvalue weighted by molar-refractivity contribution is 5.63. The third-order valence-corrected chi connectivity index (χ3v) is 7.24. The number of aliphatic carboxylic acids is 1. The van der Waals surface area contributed by atoms with Crippen molar-refractivity contribution in [3.63, 3.8) is 0 Å². The van der Waals surface area contributed by atoms with Gasteiger partial charge in [-0.05, 0) is 25.7 Å². The zero-order valence-electron chi connectivity index (χ0n) is 22.2. The molecule has 0 heterocycles. The highest BCUT2D eigenvalue weighted by Gasteiger charge is 2.25. The van der Waals surface area contributed by atoms with Gasteiger partial charge in [0.05, 0.1) is 26.4 Å². The summed E-state index contributed by atoms with van der Waals surface area (Å²) in [5.74, 6) is -0.917.